The normalized spacial score (nSPS) is 16.0. The van der Waals surface area contributed by atoms with Gasteiger partial charge >= 0.3 is 0 Å². The van der Waals surface area contributed by atoms with Gasteiger partial charge in [-0.15, -0.1) is 0 Å². The number of rotatable bonds is 2. The molecular formula is C12H15N3O3. The second-order valence-electron chi connectivity index (χ2n) is 4.46. The highest BCUT2D eigenvalue weighted by molar-refractivity contribution is 5.83. The number of amides is 1. The molecule has 96 valence electrons. The Morgan fingerprint density at radius 1 is 1.33 bits per heavy atom. The minimum atomic E-state index is -0.411. The topological polar surface area (TPSA) is 66.7 Å². The van der Waals surface area contributed by atoms with Crippen LogP contribution in [0.2, 0.25) is 0 Å². The zero-order valence-electron chi connectivity index (χ0n) is 10.4. The highest BCUT2D eigenvalue weighted by Crippen LogP contribution is 2.25. The van der Waals surface area contributed by atoms with E-state index >= 15 is 0 Å². The summed E-state index contributed by atoms with van der Waals surface area (Å²) in [5.41, 5.74) is 1.79. The summed E-state index contributed by atoms with van der Waals surface area (Å²) in [6.45, 7) is 3.58. The maximum atomic E-state index is 11.6. The summed E-state index contributed by atoms with van der Waals surface area (Å²) in [6, 6.07) is 4.73. The number of likely N-dealkylation sites (N-methyl/N-ethyl adjacent to an activating group) is 1. The number of carbonyl (C=O) groups excluding carboxylic acids is 1. The minimum Gasteiger partial charge on any atom is -0.360 e. The van der Waals surface area contributed by atoms with Gasteiger partial charge in [0, 0.05) is 38.0 Å². The molecule has 0 N–H and O–H groups in total. The van der Waals surface area contributed by atoms with Gasteiger partial charge in [-0.3, -0.25) is 14.9 Å². The van der Waals surface area contributed by atoms with Gasteiger partial charge in [-0.1, -0.05) is 0 Å². The van der Waals surface area contributed by atoms with Gasteiger partial charge in [-0.2, -0.15) is 0 Å². The zero-order valence-corrected chi connectivity index (χ0v) is 10.4. The summed E-state index contributed by atoms with van der Waals surface area (Å²) in [6.07, 6.45) is 0. The lowest BCUT2D eigenvalue weighted by Crippen LogP contribution is -2.48. The Labute approximate surface area is 105 Å². The van der Waals surface area contributed by atoms with Gasteiger partial charge in [-0.25, -0.2) is 0 Å². The third-order valence-electron chi connectivity index (χ3n) is 3.19. The van der Waals surface area contributed by atoms with Gasteiger partial charge in [-0.05, 0) is 18.6 Å². The summed E-state index contributed by atoms with van der Waals surface area (Å²) in [7, 11) is 1.78. The SMILES string of the molecule is Cc1cc([N+](=O)[O-])ccc1N1CCN(C)C(=O)C1. The van der Waals surface area contributed by atoms with Gasteiger partial charge in [0.15, 0.2) is 0 Å². The van der Waals surface area contributed by atoms with Crippen LogP contribution in [0.5, 0.6) is 0 Å². The predicted octanol–water partition coefficient (Wildman–Crippen LogP) is 1.18. The largest absolute Gasteiger partial charge is 0.360 e. The van der Waals surface area contributed by atoms with Crippen molar-refractivity contribution in [1.82, 2.24) is 4.90 Å². The van der Waals surface area contributed by atoms with Crippen molar-refractivity contribution in [3.05, 3.63) is 33.9 Å². The van der Waals surface area contributed by atoms with E-state index in [9.17, 15) is 14.9 Å². The first kappa shape index (κ1) is 12.3. The average Bonchev–Trinajstić information content (AvgIpc) is 2.32. The van der Waals surface area contributed by atoms with Crippen LogP contribution in [-0.4, -0.2) is 42.4 Å². The van der Waals surface area contributed by atoms with Crippen molar-refractivity contribution in [2.24, 2.45) is 0 Å². The zero-order chi connectivity index (χ0) is 13.3. The lowest BCUT2D eigenvalue weighted by atomic mass is 10.1. The van der Waals surface area contributed by atoms with Gasteiger partial charge in [0.25, 0.3) is 5.69 Å². The van der Waals surface area contributed by atoms with Crippen molar-refractivity contribution in [2.75, 3.05) is 31.6 Å². The molecule has 0 radical (unpaired) electrons. The molecule has 1 aromatic carbocycles. The van der Waals surface area contributed by atoms with Gasteiger partial charge in [0.05, 0.1) is 11.5 Å². The number of piperazine rings is 1. The van der Waals surface area contributed by atoms with E-state index in [1.54, 1.807) is 18.0 Å². The molecule has 1 fully saturated rings. The third-order valence-corrected chi connectivity index (χ3v) is 3.19. The second kappa shape index (κ2) is 4.64. The highest BCUT2D eigenvalue weighted by atomic mass is 16.6. The van der Waals surface area contributed by atoms with Crippen LogP contribution >= 0.6 is 0 Å². The standard InChI is InChI=1S/C12H15N3O3/c1-9-7-10(15(17)18)3-4-11(9)14-6-5-13(2)12(16)8-14/h3-4,7H,5-6,8H2,1-2H3. The van der Waals surface area contributed by atoms with Gasteiger partial charge in [0.2, 0.25) is 5.91 Å². The van der Waals surface area contributed by atoms with Crippen LogP contribution in [0.1, 0.15) is 5.56 Å². The van der Waals surface area contributed by atoms with Crippen LogP contribution in [-0.2, 0) is 4.79 Å². The summed E-state index contributed by atoms with van der Waals surface area (Å²) >= 11 is 0. The fourth-order valence-corrected chi connectivity index (χ4v) is 2.07. The maximum absolute atomic E-state index is 11.6. The van der Waals surface area contributed by atoms with Crippen molar-refractivity contribution in [2.45, 2.75) is 6.92 Å². The van der Waals surface area contributed by atoms with Crippen molar-refractivity contribution < 1.29 is 9.72 Å². The number of hydrogen-bond acceptors (Lipinski definition) is 4. The molecular weight excluding hydrogens is 234 g/mol. The molecule has 0 aliphatic carbocycles. The number of aryl methyl sites for hydroxylation is 1. The Balaban J connectivity index is 2.24. The molecule has 6 heteroatoms. The number of non-ortho nitro benzene ring substituents is 1. The molecule has 2 rings (SSSR count). The monoisotopic (exact) mass is 249 g/mol. The lowest BCUT2D eigenvalue weighted by molar-refractivity contribution is -0.384. The molecule has 0 aromatic heterocycles. The predicted molar refractivity (Wildman–Crippen MR) is 67.7 cm³/mol. The molecule has 1 saturated heterocycles. The smallest absolute Gasteiger partial charge is 0.269 e. The lowest BCUT2D eigenvalue weighted by Gasteiger charge is -2.34. The molecule has 0 bridgehead atoms. The molecule has 0 saturated carbocycles. The minimum absolute atomic E-state index is 0.0685. The summed E-state index contributed by atoms with van der Waals surface area (Å²) in [4.78, 5) is 25.5. The van der Waals surface area contributed by atoms with E-state index in [0.29, 0.717) is 13.1 Å². The van der Waals surface area contributed by atoms with E-state index in [-0.39, 0.29) is 11.6 Å². The van der Waals surface area contributed by atoms with Crippen molar-refractivity contribution in [3.8, 4) is 0 Å². The van der Waals surface area contributed by atoms with Crippen molar-refractivity contribution >= 4 is 17.3 Å². The Bertz CT molecular complexity index is 501. The van der Waals surface area contributed by atoms with Crippen LogP contribution in [0.25, 0.3) is 0 Å². The molecule has 0 unspecified atom stereocenters. The average molecular weight is 249 g/mol. The molecule has 1 aromatic rings. The van der Waals surface area contributed by atoms with Crippen LogP contribution in [0.3, 0.4) is 0 Å². The Morgan fingerprint density at radius 3 is 2.61 bits per heavy atom. The number of nitrogens with zero attached hydrogens (tertiary/aromatic N) is 3. The molecule has 6 nitrogen and oxygen atoms in total. The van der Waals surface area contributed by atoms with Gasteiger partial charge in [0.1, 0.15) is 0 Å². The third kappa shape index (κ3) is 2.27. The fourth-order valence-electron chi connectivity index (χ4n) is 2.07. The van der Waals surface area contributed by atoms with E-state index in [0.717, 1.165) is 17.8 Å². The number of hydrogen-bond donors (Lipinski definition) is 0. The number of benzene rings is 1. The molecule has 1 aliphatic rings. The molecule has 0 spiro atoms. The summed E-state index contributed by atoms with van der Waals surface area (Å²) < 4.78 is 0. The summed E-state index contributed by atoms with van der Waals surface area (Å²) in [5.74, 6) is 0.0685. The number of anilines is 1. The van der Waals surface area contributed by atoms with Crippen LogP contribution in [0.15, 0.2) is 18.2 Å². The van der Waals surface area contributed by atoms with Crippen LogP contribution in [0, 0.1) is 17.0 Å². The van der Waals surface area contributed by atoms with E-state index in [1.165, 1.54) is 12.1 Å². The van der Waals surface area contributed by atoms with Crippen LogP contribution < -0.4 is 4.90 Å². The van der Waals surface area contributed by atoms with Crippen LogP contribution in [0.4, 0.5) is 11.4 Å². The number of nitro benzene ring substituents is 1. The van der Waals surface area contributed by atoms with Gasteiger partial charge < -0.3 is 9.80 Å². The first-order chi connectivity index (χ1) is 8.49. The molecule has 1 heterocycles. The molecule has 18 heavy (non-hydrogen) atoms. The Hall–Kier alpha value is -2.11. The van der Waals surface area contributed by atoms with E-state index in [2.05, 4.69) is 0 Å². The quantitative estimate of drug-likeness (QED) is 0.583. The first-order valence-corrected chi connectivity index (χ1v) is 5.73. The molecule has 1 amide bonds. The van der Waals surface area contributed by atoms with Crippen molar-refractivity contribution in [1.29, 1.82) is 0 Å². The fraction of sp³-hybridized carbons (Fsp3) is 0.417. The maximum Gasteiger partial charge on any atom is 0.269 e. The van der Waals surface area contributed by atoms with Crippen molar-refractivity contribution in [3.63, 3.8) is 0 Å². The second-order valence-corrected chi connectivity index (χ2v) is 4.46. The Kier molecular flexibility index (Phi) is 3.18. The summed E-state index contributed by atoms with van der Waals surface area (Å²) in [5, 5.41) is 10.7. The van der Waals surface area contributed by atoms with E-state index in [4.69, 9.17) is 0 Å². The first-order valence-electron chi connectivity index (χ1n) is 5.73. The number of nitro groups is 1. The molecule has 0 atom stereocenters. The number of carbonyl (C=O) groups is 1. The van der Waals surface area contributed by atoms with E-state index < -0.39 is 4.92 Å². The highest BCUT2D eigenvalue weighted by Gasteiger charge is 2.22. The van der Waals surface area contributed by atoms with E-state index in [1.807, 2.05) is 11.8 Å². The molecule has 1 aliphatic heterocycles. The Morgan fingerprint density at radius 2 is 2.06 bits per heavy atom.